The van der Waals surface area contributed by atoms with Crippen LogP contribution in [0.2, 0.25) is 0 Å². The van der Waals surface area contributed by atoms with E-state index in [2.05, 4.69) is 19.2 Å². The van der Waals surface area contributed by atoms with Crippen molar-refractivity contribution in [3.8, 4) is 0 Å². The summed E-state index contributed by atoms with van der Waals surface area (Å²) in [4.78, 5) is 14.1. The van der Waals surface area contributed by atoms with Crippen LogP contribution in [0.1, 0.15) is 68.2 Å². The molecule has 1 amide bonds. The smallest absolute Gasteiger partial charge is 0.410 e. The van der Waals surface area contributed by atoms with E-state index in [1.807, 2.05) is 41.5 Å². The Morgan fingerprint density at radius 3 is 2.10 bits per heavy atom. The second-order valence-electron chi connectivity index (χ2n) is 8.09. The molecular weight excluding hydrogens is 264 g/mol. The molecule has 0 spiro atoms. The molecule has 0 aromatic heterocycles. The van der Waals surface area contributed by atoms with Gasteiger partial charge in [0.15, 0.2) is 0 Å². The SMILES string of the molecule is CC(C)CCCNCCN(C(=O)OC(C)(C)C)C(C)(C)C. The highest BCUT2D eigenvalue weighted by atomic mass is 16.6. The molecule has 0 aromatic rings. The lowest BCUT2D eigenvalue weighted by Gasteiger charge is -2.37. The summed E-state index contributed by atoms with van der Waals surface area (Å²) in [6.07, 6.45) is 2.18. The first-order valence-electron chi connectivity index (χ1n) is 8.15. The molecule has 126 valence electrons. The maximum Gasteiger partial charge on any atom is 0.410 e. The molecule has 0 fully saturated rings. The van der Waals surface area contributed by atoms with E-state index < -0.39 is 5.60 Å². The number of hydrogen-bond acceptors (Lipinski definition) is 3. The summed E-state index contributed by atoms with van der Waals surface area (Å²) in [6, 6.07) is 0. The Hall–Kier alpha value is -0.770. The number of carbonyl (C=O) groups is 1. The minimum Gasteiger partial charge on any atom is -0.444 e. The number of rotatable bonds is 7. The van der Waals surface area contributed by atoms with Crippen LogP contribution >= 0.6 is 0 Å². The molecule has 0 radical (unpaired) electrons. The largest absolute Gasteiger partial charge is 0.444 e. The Balaban J connectivity index is 4.24. The zero-order chi connectivity index (χ0) is 16.7. The molecular formula is C17H36N2O2. The van der Waals surface area contributed by atoms with Crippen LogP contribution in [0.15, 0.2) is 0 Å². The highest BCUT2D eigenvalue weighted by Gasteiger charge is 2.30. The van der Waals surface area contributed by atoms with Crippen molar-refractivity contribution in [1.29, 1.82) is 0 Å². The third-order valence-corrected chi connectivity index (χ3v) is 3.07. The van der Waals surface area contributed by atoms with Crippen molar-refractivity contribution in [3.63, 3.8) is 0 Å². The van der Waals surface area contributed by atoms with Crippen LogP contribution in [0.4, 0.5) is 4.79 Å². The number of nitrogens with one attached hydrogen (secondary N) is 1. The van der Waals surface area contributed by atoms with E-state index >= 15 is 0 Å². The van der Waals surface area contributed by atoms with Crippen molar-refractivity contribution in [2.24, 2.45) is 5.92 Å². The van der Waals surface area contributed by atoms with Crippen molar-refractivity contribution < 1.29 is 9.53 Å². The molecule has 0 unspecified atom stereocenters. The third kappa shape index (κ3) is 10.6. The van der Waals surface area contributed by atoms with Crippen LogP contribution in [0, 0.1) is 5.92 Å². The monoisotopic (exact) mass is 300 g/mol. The molecule has 21 heavy (non-hydrogen) atoms. The molecule has 0 aliphatic carbocycles. The van der Waals surface area contributed by atoms with Gasteiger partial charge < -0.3 is 15.0 Å². The average Bonchev–Trinajstić information content (AvgIpc) is 2.22. The Labute approximate surface area is 131 Å². The molecule has 4 heteroatoms. The predicted octanol–water partition coefficient (Wildman–Crippen LogP) is 4.05. The summed E-state index contributed by atoms with van der Waals surface area (Å²) in [6.45, 7) is 18.8. The summed E-state index contributed by atoms with van der Waals surface area (Å²) in [7, 11) is 0. The molecule has 0 saturated carbocycles. The van der Waals surface area contributed by atoms with Crippen molar-refractivity contribution in [3.05, 3.63) is 0 Å². The zero-order valence-corrected chi connectivity index (χ0v) is 15.4. The summed E-state index contributed by atoms with van der Waals surface area (Å²) in [5, 5.41) is 3.41. The van der Waals surface area contributed by atoms with E-state index in [9.17, 15) is 4.79 Å². The molecule has 0 aliphatic rings. The van der Waals surface area contributed by atoms with Crippen LogP contribution < -0.4 is 5.32 Å². The van der Waals surface area contributed by atoms with Crippen LogP contribution in [0.5, 0.6) is 0 Å². The Morgan fingerprint density at radius 1 is 1.10 bits per heavy atom. The zero-order valence-electron chi connectivity index (χ0n) is 15.4. The first-order valence-corrected chi connectivity index (χ1v) is 8.15. The van der Waals surface area contributed by atoms with Crippen LogP contribution in [0.25, 0.3) is 0 Å². The lowest BCUT2D eigenvalue weighted by Crippen LogP contribution is -2.50. The van der Waals surface area contributed by atoms with Gasteiger partial charge in [-0.05, 0) is 66.8 Å². The van der Waals surface area contributed by atoms with E-state index in [1.54, 1.807) is 4.90 Å². The van der Waals surface area contributed by atoms with Crippen LogP contribution in [0.3, 0.4) is 0 Å². The molecule has 0 atom stereocenters. The standard InChI is InChI=1S/C17H36N2O2/c1-14(2)10-9-11-18-12-13-19(16(3,4)5)15(20)21-17(6,7)8/h14,18H,9-13H2,1-8H3. The number of carbonyl (C=O) groups excluding carboxylic acids is 1. The van der Waals surface area contributed by atoms with Gasteiger partial charge in [-0.1, -0.05) is 13.8 Å². The fourth-order valence-electron chi connectivity index (χ4n) is 1.97. The van der Waals surface area contributed by atoms with Gasteiger partial charge in [0.25, 0.3) is 0 Å². The first kappa shape index (κ1) is 20.2. The number of hydrogen-bond donors (Lipinski definition) is 1. The van der Waals surface area contributed by atoms with Gasteiger partial charge in [0.05, 0.1) is 0 Å². The summed E-state index contributed by atoms with van der Waals surface area (Å²) in [5.41, 5.74) is -0.687. The van der Waals surface area contributed by atoms with E-state index in [0.717, 1.165) is 19.0 Å². The summed E-state index contributed by atoms with van der Waals surface area (Å²) < 4.78 is 5.50. The minimum absolute atomic E-state index is 0.234. The Morgan fingerprint density at radius 2 is 1.67 bits per heavy atom. The fourth-order valence-corrected chi connectivity index (χ4v) is 1.97. The van der Waals surface area contributed by atoms with E-state index in [-0.39, 0.29) is 11.6 Å². The molecule has 0 heterocycles. The minimum atomic E-state index is -0.453. The van der Waals surface area contributed by atoms with Crippen LogP contribution in [-0.2, 0) is 4.74 Å². The molecule has 0 aliphatic heterocycles. The van der Waals surface area contributed by atoms with Gasteiger partial charge in [0, 0.05) is 18.6 Å². The molecule has 4 nitrogen and oxygen atoms in total. The van der Waals surface area contributed by atoms with Crippen molar-refractivity contribution >= 4 is 6.09 Å². The number of amides is 1. The molecule has 0 saturated heterocycles. The van der Waals surface area contributed by atoms with Crippen molar-refractivity contribution in [2.45, 2.75) is 79.4 Å². The highest BCUT2D eigenvalue weighted by molar-refractivity contribution is 5.69. The molecule has 0 rings (SSSR count). The molecule has 0 bridgehead atoms. The Bertz CT molecular complexity index is 301. The third-order valence-electron chi connectivity index (χ3n) is 3.07. The Kier molecular flexibility index (Phi) is 8.30. The topological polar surface area (TPSA) is 41.6 Å². The van der Waals surface area contributed by atoms with Crippen molar-refractivity contribution in [1.82, 2.24) is 10.2 Å². The summed E-state index contributed by atoms with van der Waals surface area (Å²) >= 11 is 0. The van der Waals surface area contributed by atoms with Gasteiger partial charge in [0.2, 0.25) is 0 Å². The van der Waals surface area contributed by atoms with Gasteiger partial charge in [-0.25, -0.2) is 4.79 Å². The van der Waals surface area contributed by atoms with Crippen molar-refractivity contribution in [2.75, 3.05) is 19.6 Å². The second kappa shape index (κ2) is 8.62. The maximum absolute atomic E-state index is 12.3. The van der Waals surface area contributed by atoms with Gasteiger partial charge in [-0.15, -0.1) is 0 Å². The van der Waals surface area contributed by atoms with E-state index in [1.165, 1.54) is 12.8 Å². The van der Waals surface area contributed by atoms with Gasteiger partial charge in [-0.2, -0.15) is 0 Å². The van der Waals surface area contributed by atoms with E-state index in [0.29, 0.717) is 6.54 Å². The fraction of sp³-hybridized carbons (Fsp3) is 0.941. The quantitative estimate of drug-likeness (QED) is 0.721. The average molecular weight is 300 g/mol. The van der Waals surface area contributed by atoms with Gasteiger partial charge in [0.1, 0.15) is 5.60 Å². The first-order chi connectivity index (χ1) is 9.43. The summed E-state index contributed by atoms with van der Waals surface area (Å²) in [5.74, 6) is 0.750. The molecule has 1 N–H and O–H groups in total. The second-order valence-corrected chi connectivity index (χ2v) is 8.09. The molecule has 0 aromatic carbocycles. The lowest BCUT2D eigenvalue weighted by atomic mass is 10.1. The lowest BCUT2D eigenvalue weighted by molar-refractivity contribution is 0.00665. The maximum atomic E-state index is 12.3. The van der Waals surface area contributed by atoms with Gasteiger partial charge >= 0.3 is 6.09 Å². The van der Waals surface area contributed by atoms with Crippen LogP contribution in [-0.4, -0.2) is 41.8 Å². The number of nitrogens with zero attached hydrogens (tertiary/aromatic N) is 1. The normalized spacial score (nSPS) is 12.6. The highest BCUT2D eigenvalue weighted by Crippen LogP contribution is 2.17. The van der Waals surface area contributed by atoms with E-state index in [4.69, 9.17) is 4.74 Å². The number of ether oxygens (including phenoxy) is 1. The predicted molar refractivity (Wildman–Crippen MR) is 89.6 cm³/mol. The van der Waals surface area contributed by atoms with Gasteiger partial charge in [-0.3, -0.25) is 0 Å².